The van der Waals surface area contributed by atoms with Crippen LogP contribution in [0.25, 0.3) is 0 Å². The van der Waals surface area contributed by atoms with Crippen LogP contribution in [0.15, 0.2) is 28.6 Å². The van der Waals surface area contributed by atoms with Crippen LogP contribution in [0.1, 0.15) is 115 Å². The van der Waals surface area contributed by atoms with E-state index in [1.165, 1.54) is 23.5 Å². The summed E-state index contributed by atoms with van der Waals surface area (Å²) in [6.07, 6.45) is 7.01. The molecule has 0 radical (unpaired) electrons. The molecule has 0 spiro atoms. The number of hydrogen-bond donors (Lipinski definition) is 5. The number of rotatable bonds is 10. The van der Waals surface area contributed by atoms with Gasteiger partial charge in [0.15, 0.2) is 0 Å². The van der Waals surface area contributed by atoms with E-state index in [0.29, 0.717) is 42.3 Å². The highest BCUT2D eigenvalue weighted by Crippen LogP contribution is 2.39. The fraction of sp³-hybridized carbons (Fsp3) is 0.809. The van der Waals surface area contributed by atoms with Crippen molar-refractivity contribution in [2.24, 2.45) is 41.4 Å². The van der Waals surface area contributed by atoms with E-state index in [9.17, 15) is 14.7 Å². The molecule has 23 heteroatoms. The molecule has 70 heavy (non-hydrogen) atoms. The lowest BCUT2D eigenvalue weighted by Crippen LogP contribution is -2.34. The van der Waals surface area contributed by atoms with Crippen molar-refractivity contribution in [2.45, 2.75) is 197 Å². The van der Waals surface area contributed by atoms with E-state index in [1.807, 2.05) is 0 Å². The van der Waals surface area contributed by atoms with Gasteiger partial charge in [0.1, 0.15) is 45.8 Å². The Morgan fingerprint density at radius 3 is 1.34 bits per heavy atom. The van der Waals surface area contributed by atoms with Gasteiger partial charge in [-0.05, 0) is 82.3 Å². The van der Waals surface area contributed by atoms with Crippen molar-refractivity contribution in [1.29, 1.82) is 0 Å². The number of aliphatic hydroxyl groups is 2. The normalized spacial score (nSPS) is 32.5. The third-order valence-corrected chi connectivity index (χ3v) is 15.6. The minimum absolute atomic E-state index is 0.00279. The van der Waals surface area contributed by atoms with E-state index in [-0.39, 0.29) is 42.7 Å². The summed E-state index contributed by atoms with van der Waals surface area (Å²) in [5.41, 5.74) is 9.64. The molecule has 6 unspecified atom stereocenters. The first-order valence-electron chi connectivity index (χ1n) is 25.1. The summed E-state index contributed by atoms with van der Waals surface area (Å²) in [6, 6.07) is 0.426. The molecule has 4 saturated heterocycles. The van der Waals surface area contributed by atoms with Gasteiger partial charge in [-0.25, -0.2) is 24.5 Å². The van der Waals surface area contributed by atoms with Crippen LogP contribution in [-0.2, 0) is 18.9 Å². The number of nitrogens with one attached hydrogen (secondary N) is 1. The fourth-order valence-electron chi connectivity index (χ4n) is 8.75. The minimum atomic E-state index is -1.65. The molecule has 0 amide bonds. The van der Waals surface area contributed by atoms with Gasteiger partial charge in [-0.3, -0.25) is 9.13 Å². The van der Waals surface area contributed by atoms with Crippen molar-refractivity contribution in [3.05, 3.63) is 40.0 Å². The summed E-state index contributed by atoms with van der Waals surface area (Å²) in [4.78, 5) is 53.6. The van der Waals surface area contributed by atoms with Gasteiger partial charge in [-0.15, -0.1) is 0 Å². The Kier molecular flexibility index (Phi) is 23.0. The lowest BCUT2D eigenvalue weighted by Gasteiger charge is -2.20. The molecule has 0 saturated carbocycles. The average Bonchev–Trinajstić information content (AvgIpc) is 3.92. The average molecular weight is 1020 g/mol. The predicted octanol–water partition coefficient (Wildman–Crippen LogP) is 6.15. The Morgan fingerprint density at radius 2 is 1.01 bits per heavy atom. The number of nitrogens with two attached hydrogens (primary N) is 2. The number of hydrogen-bond acceptors (Lipinski definition) is 19. The van der Waals surface area contributed by atoms with E-state index in [2.05, 4.69) is 155 Å². The van der Waals surface area contributed by atoms with E-state index < -0.39 is 46.4 Å². The Morgan fingerprint density at radius 1 is 0.600 bits per heavy atom. The molecular weight excluding hydrogens is 933 g/mol. The van der Waals surface area contributed by atoms with Gasteiger partial charge in [-0.2, -0.15) is 19.9 Å². The maximum atomic E-state index is 11.7. The topological polar surface area (TPSA) is 285 Å². The molecule has 4 aliphatic rings. The van der Waals surface area contributed by atoms with E-state index in [4.69, 9.17) is 39.9 Å². The highest BCUT2D eigenvalue weighted by molar-refractivity contribution is 6.79. The summed E-state index contributed by atoms with van der Waals surface area (Å²) < 4.78 is 31.0. The van der Waals surface area contributed by atoms with Gasteiger partial charge in [-0.1, -0.05) is 88.9 Å². The molecular formula is C47H88N12O9Si2. The van der Waals surface area contributed by atoms with Crippen LogP contribution in [-0.4, -0.2) is 120 Å². The highest BCUT2D eigenvalue weighted by Gasteiger charge is 2.43. The summed E-state index contributed by atoms with van der Waals surface area (Å²) in [5.74, 6) is 3.79. The summed E-state index contributed by atoms with van der Waals surface area (Å²) in [7, 11) is -3.08. The second kappa shape index (κ2) is 26.6. The Bertz CT molecular complexity index is 2020. The number of anilines is 3. The zero-order valence-electron chi connectivity index (χ0n) is 45.2. The molecule has 4 fully saturated rings. The van der Waals surface area contributed by atoms with Crippen LogP contribution in [0.3, 0.4) is 0 Å². The molecule has 21 nitrogen and oxygen atoms in total. The van der Waals surface area contributed by atoms with Gasteiger partial charge in [0.2, 0.25) is 26.2 Å². The first-order valence-corrected chi connectivity index (χ1v) is 32.0. The molecule has 3 aromatic heterocycles. The summed E-state index contributed by atoms with van der Waals surface area (Å²) >= 11 is 0. The smallest absolute Gasteiger partial charge is 0.354 e. The van der Waals surface area contributed by atoms with E-state index in [0.717, 1.165) is 47.5 Å². The highest BCUT2D eigenvalue weighted by atomic mass is 28.4. The fourth-order valence-corrected chi connectivity index (χ4v) is 10.2. The first-order chi connectivity index (χ1) is 32.6. The standard InChI is InChI=1S/C11H18N4O2.C9H14N4O4.C9H20N4OSi2.2C9H18O/c1-4-8-6(2)7(3)9(17-8)15-5-13-10(12)14-11(15)16;1-4-6(15)5(2-14)17-7(4)13-3-11-8(10)12-9(13)16;1-15(2,3)13-8-10-7-11-9(12-8)14-16(4,5)6;2*1-5-9-7(3)6(2)8(4)10-9/h5-9H,4H2,1-3H3,(H2,12,14,16);3-7,14-15H,2H2,1H3,(H2,10,12,16);7H,1-6H3,(H,10,11,12,13);2*6-9H,5H2,1-4H3/t6-,7?,8-,9-;4?,5-,6-,7-;;2*6?,7-,8?,9-/m11.11/s1. The molecule has 4 aliphatic heterocycles. The largest absolute Gasteiger partial charge is 0.518 e. The Labute approximate surface area is 417 Å². The molecule has 398 valence electrons. The van der Waals surface area contributed by atoms with E-state index in [1.54, 1.807) is 6.92 Å². The lowest BCUT2D eigenvalue weighted by atomic mass is 9.90. The second-order valence-corrected chi connectivity index (χ2v) is 30.5. The van der Waals surface area contributed by atoms with Gasteiger partial charge >= 0.3 is 17.4 Å². The van der Waals surface area contributed by atoms with Crippen LogP contribution < -0.4 is 32.3 Å². The maximum absolute atomic E-state index is 11.7. The van der Waals surface area contributed by atoms with Crippen LogP contribution in [0.5, 0.6) is 6.01 Å². The van der Waals surface area contributed by atoms with Crippen molar-refractivity contribution >= 4 is 34.4 Å². The molecule has 0 bridgehead atoms. The predicted molar refractivity (Wildman–Crippen MR) is 277 cm³/mol. The van der Waals surface area contributed by atoms with Crippen molar-refractivity contribution in [1.82, 2.24) is 44.0 Å². The van der Waals surface area contributed by atoms with Crippen molar-refractivity contribution < 1.29 is 33.6 Å². The monoisotopic (exact) mass is 1020 g/mol. The zero-order chi connectivity index (χ0) is 53.0. The third-order valence-electron chi connectivity index (χ3n) is 13.8. The molecule has 16 atom stereocenters. The third kappa shape index (κ3) is 17.1. The zero-order valence-corrected chi connectivity index (χ0v) is 47.2. The molecule has 7 heterocycles. The van der Waals surface area contributed by atoms with Gasteiger partial charge in [0.25, 0.3) is 0 Å². The second-order valence-electron chi connectivity index (χ2n) is 21.3. The van der Waals surface area contributed by atoms with Crippen LogP contribution in [0.4, 0.5) is 17.8 Å². The van der Waals surface area contributed by atoms with E-state index >= 15 is 0 Å². The Hall–Kier alpha value is -3.98. The number of aromatic nitrogens is 9. The number of nitrogens with zero attached hydrogens (tertiary/aromatic N) is 9. The van der Waals surface area contributed by atoms with Crippen molar-refractivity contribution in [3.8, 4) is 6.01 Å². The number of aliphatic hydroxyl groups excluding tert-OH is 2. The number of nitrogen functional groups attached to an aromatic ring is 2. The SMILES string of the molecule is CC1[C@@H](O)[C@@H](CO)O[C@H]1n1cnc(N)nc1=O.CC[C@H]1OC(C)C(C)[C@H]1C.CC[C@H]1OC(C)C(C)[C@H]1C.CC[C@H]1O[C@@H](n2cnc(N)nc2=O)C(C)[C@H]1C.C[Si](C)(C)Nc1ncnc(O[Si](C)(C)C)n1. The molecule has 0 aromatic carbocycles. The van der Waals surface area contributed by atoms with Crippen molar-refractivity contribution in [2.75, 3.05) is 23.1 Å². The van der Waals surface area contributed by atoms with Gasteiger partial charge < -0.3 is 50.0 Å². The molecule has 0 aliphatic carbocycles. The quantitative estimate of drug-likeness (QED) is 0.142. The van der Waals surface area contributed by atoms with Crippen molar-refractivity contribution in [3.63, 3.8) is 0 Å². The summed E-state index contributed by atoms with van der Waals surface area (Å²) in [6.45, 7) is 38.5. The Balaban J connectivity index is 0.000000236. The molecule has 3 aromatic rings. The number of ether oxygens (including phenoxy) is 4. The van der Waals surface area contributed by atoms with Crippen LogP contribution in [0.2, 0.25) is 39.3 Å². The van der Waals surface area contributed by atoms with Gasteiger partial charge in [0.05, 0.1) is 43.2 Å². The molecule has 7 rings (SSSR count). The minimum Gasteiger partial charge on any atom is -0.518 e. The molecule has 7 N–H and O–H groups in total. The van der Waals surface area contributed by atoms with Crippen LogP contribution in [0, 0.1) is 41.4 Å². The summed E-state index contributed by atoms with van der Waals surface area (Å²) in [5, 5.41) is 18.8. The maximum Gasteiger partial charge on any atom is 0.354 e. The van der Waals surface area contributed by atoms with Crippen LogP contribution >= 0.6 is 0 Å². The first kappa shape index (κ1) is 60.3. The van der Waals surface area contributed by atoms with Gasteiger partial charge in [0, 0.05) is 11.8 Å². The lowest BCUT2D eigenvalue weighted by molar-refractivity contribution is -0.0480.